The lowest BCUT2D eigenvalue weighted by molar-refractivity contribution is 0.0936. The lowest BCUT2D eigenvalue weighted by Gasteiger charge is -2.31. The molecule has 1 N–H and O–H groups in total. The molecule has 2 saturated heterocycles. The number of nitrogens with zero attached hydrogens (tertiary/aromatic N) is 3. The lowest BCUT2D eigenvalue weighted by atomic mass is 10.0. The van der Waals surface area contributed by atoms with E-state index in [0.717, 1.165) is 25.2 Å². The van der Waals surface area contributed by atoms with Gasteiger partial charge in [0, 0.05) is 24.8 Å². The van der Waals surface area contributed by atoms with Crippen LogP contribution in [0, 0.1) is 12.8 Å². The summed E-state index contributed by atoms with van der Waals surface area (Å²) in [6.45, 7) is 5.84. The second-order valence-corrected chi connectivity index (χ2v) is 9.19. The van der Waals surface area contributed by atoms with Gasteiger partial charge in [0.15, 0.2) is 9.84 Å². The van der Waals surface area contributed by atoms with E-state index in [1.54, 1.807) is 6.07 Å². The molecule has 1 amide bonds. The number of rotatable bonds is 3. The first-order chi connectivity index (χ1) is 11.3. The van der Waals surface area contributed by atoms with Crippen LogP contribution < -0.4 is 10.2 Å². The number of aromatic nitrogens is 2. The monoisotopic (exact) mass is 352 g/mol. The summed E-state index contributed by atoms with van der Waals surface area (Å²) < 4.78 is 23.0. The van der Waals surface area contributed by atoms with Gasteiger partial charge in [0.25, 0.3) is 5.91 Å². The molecular formula is C16H24N4O3S. The Balaban J connectivity index is 1.74. The lowest BCUT2D eigenvalue weighted by Crippen LogP contribution is -2.38. The van der Waals surface area contributed by atoms with E-state index in [9.17, 15) is 13.2 Å². The Morgan fingerprint density at radius 1 is 1.33 bits per heavy atom. The van der Waals surface area contributed by atoms with E-state index in [2.05, 4.69) is 27.1 Å². The first-order valence-electron chi connectivity index (χ1n) is 8.44. The number of anilines is 1. The van der Waals surface area contributed by atoms with Crippen LogP contribution in [-0.4, -0.2) is 54.9 Å². The fourth-order valence-electron chi connectivity index (χ4n) is 3.35. The summed E-state index contributed by atoms with van der Waals surface area (Å²) in [7, 11) is -3.02. The van der Waals surface area contributed by atoms with Gasteiger partial charge in [-0.25, -0.2) is 18.4 Å². The van der Waals surface area contributed by atoms with Gasteiger partial charge in [-0.2, -0.15) is 0 Å². The van der Waals surface area contributed by atoms with Crippen LogP contribution in [0.1, 0.15) is 42.4 Å². The Morgan fingerprint density at radius 3 is 2.79 bits per heavy atom. The van der Waals surface area contributed by atoms with E-state index < -0.39 is 9.84 Å². The first kappa shape index (κ1) is 17.1. The number of hydrogen-bond donors (Lipinski definition) is 1. The average molecular weight is 352 g/mol. The van der Waals surface area contributed by atoms with Crippen molar-refractivity contribution in [2.45, 2.75) is 39.2 Å². The molecule has 0 saturated carbocycles. The van der Waals surface area contributed by atoms with Crippen LogP contribution in [0.3, 0.4) is 0 Å². The zero-order chi connectivity index (χ0) is 17.3. The molecule has 0 aromatic carbocycles. The van der Waals surface area contributed by atoms with E-state index >= 15 is 0 Å². The Kier molecular flexibility index (Phi) is 4.76. The Labute approximate surface area is 142 Å². The second-order valence-electron chi connectivity index (χ2n) is 6.96. The van der Waals surface area contributed by atoms with Gasteiger partial charge in [-0.05, 0) is 38.2 Å². The van der Waals surface area contributed by atoms with Gasteiger partial charge >= 0.3 is 0 Å². The summed E-state index contributed by atoms with van der Waals surface area (Å²) in [6, 6.07) is 1.33. The smallest absolute Gasteiger partial charge is 0.270 e. The fraction of sp³-hybridized carbons (Fsp3) is 0.688. The number of piperidine rings is 1. The van der Waals surface area contributed by atoms with Gasteiger partial charge in [0.05, 0.1) is 11.5 Å². The zero-order valence-electron chi connectivity index (χ0n) is 14.2. The summed E-state index contributed by atoms with van der Waals surface area (Å²) in [4.78, 5) is 23.5. The van der Waals surface area contributed by atoms with Crippen LogP contribution >= 0.6 is 0 Å². The molecule has 7 nitrogen and oxygen atoms in total. The second kappa shape index (κ2) is 6.66. The van der Waals surface area contributed by atoms with Gasteiger partial charge in [0.1, 0.15) is 5.69 Å². The maximum Gasteiger partial charge on any atom is 0.270 e. The zero-order valence-corrected chi connectivity index (χ0v) is 15.0. The number of amides is 1. The third-order valence-electron chi connectivity index (χ3n) is 4.58. The minimum atomic E-state index is -3.02. The molecule has 2 atom stereocenters. The van der Waals surface area contributed by atoms with Crippen LogP contribution in [0.25, 0.3) is 0 Å². The van der Waals surface area contributed by atoms with Crippen molar-refractivity contribution in [3.8, 4) is 0 Å². The van der Waals surface area contributed by atoms with Gasteiger partial charge in [0.2, 0.25) is 5.95 Å². The summed E-state index contributed by atoms with van der Waals surface area (Å²) in [5.41, 5.74) is 1.04. The van der Waals surface area contributed by atoms with Crippen molar-refractivity contribution in [1.82, 2.24) is 15.3 Å². The quantitative estimate of drug-likeness (QED) is 0.870. The van der Waals surface area contributed by atoms with E-state index in [4.69, 9.17) is 0 Å². The Morgan fingerprint density at radius 2 is 2.12 bits per heavy atom. The average Bonchev–Trinajstić information content (AvgIpc) is 2.85. The number of carbonyl (C=O) groups is 1. The topological polar surface area (TPSA) is 92.3 Å². The molecule has 3 rings (SSSR count). The number of hydrogen-bond acceptors (Lipinski definition) is 6. The molecule has 1 aromatic heterocycles. The number of sulfone groups is 1. The van der Waals surface area contributed by atoms with Crippen molar-refractivity contribution in [3.63, 3.8) is 0 Å². The molecule has 0 aliphatic carbocycles. The van der Waals surface area contributed by atoms with Gasteiger partial charge in [-0.3, -0.25) is 4.79 Å². The predicted octanol–water partition coefficient (Wildman–Crippen LogP) is 0.938. The largest absolute Gasteiger partial charge is 0.347 e. The maximum absolute atomic E-state index is 12.4. The predicted molar refractivity (Wildman–Crippen MR) is 91.9 cm³/mol. The van der Waals surface area contributed by atoms with Crippen LogP contribution in [0.4, 0.5) is 5.95 Å². The molecule has 0 spiro atoms. The molecule has 0 radical (unpaired) electrons. The highest BCUT2D eigenvalue weighted by Gasteiger charge is 2.29. The Hall–Kier alpha value is -1.70. The standard InChI is InChI=1S/C16H24N4O3S/c1-11-4-3-6-20(9-11)16-17-12(2)8-14(19-16)15(21)18-13-5-7-24(22,23)10-13/h8,11,13H,3-7,9-10H2,1-2H3,(H,18,21). The maximum atomic E-state index is 12.4. The summed E-state index contributed by atoms with van der Waals surface area (Å²) in [6.07, 6.45) is 2.76. The minimum Gasteiger partial charge on any atom is -0.347 e. The van der Waals surface area contributed by atoms with Crippen molar-refractivity contribution in [2.75, 3.05) is 29.5 Å². The molecule has 8 heteroatoms. The van der Waals surface area contributed by atoms with Crippen molar-refractivity contribution < 1.29 is 13.2 Å². The van der Waals surface area contributed by atoms with Crippen LogP contribution in [-0.2, 0) is 9.84 Å². The van der Waals surface area contributed by atoms with E-state index in [-0.39, 0.29) is 23.5 Å². The molecule has 1 aromatic rings. The van der Waals surface area contributed by atoms with Crippen LogP contribution in [0.15, 0.2) is 6.07 Å². The van der Waals surface area contributed by atoms with Crippen molar-refractivity contribution in [3.05, 3.63) is 17.5 Å². The highest BCUT2D eigenvalue weighted by atomic mass is 32.2. The summed E-state index contributed by atoms with van der Waals surface area (Å²) in [5, 5.41) is 2.79. The third-order valence-corrected chi connectivity index (χ3v) is 6.35. The number of nitrogens with one attached hydrogen (secondary N) is 1. The SMILES string of the molecule is Cc1cc(C(=O)NC2CCS(=O)(=O)C2)nc(N2CCCC(C)C2)n1. The minimum absolute atomic E-state index is 0.0132. The molecule has 2 fully saturated rings. The van der Waals surface area contributed by atoms with Crippen molar-refractivity contribution in [1.29, 1.82) is 0 Å². The molecule has 24 heavy (non-hydrogen) atoms. The van der Waals surface area contributed by atoms with Crippen LogP contribution in [0.5, 0.6) is 0 Å². The summed E-state index contributed by atoms with van der Waals surface area (Å²) in [5.74, 6) is 1.00. The van der Waals surface area contributed by atoms with Crippen molar-refractivity contribution in [2.24, 2.45) is 5.92 Å². The molecule has 2 aliphatic heterocycles. The van der Waals surface area contributed by atoms with Gasteiger partial charge in [-0.1, -0.05) is 6.92 Å². The number of aryl methyl sites for hydroxylation is 1. The fourth-order valence-corrected chi connectivity index (χ4v) is 5.02. The third kappa shape index (κ3) is 4.03. The summed E-state index contributed by atoms with van der Waals surface area (Å²) >= 11 is 0. The van der Waals surface area contributed by atoms with E-state index in [1.165, 1.54) is 6.42 Å². The molecule has 3 heterocycles. The van der Waals surface area contributed by atoms with Gasteiger partial charge in [-0.15, -0.1) is 0 Å². The molecule has 2 aliphatic rings. The highest BCUT2D eigenvalue weighted by Crippen LogP contribution is 2.20. The van der Waals surface area contributed by atoms with E-state index in [1.807, 2.05) is 6.92 Å². The van der Waals surface area contributed by atoms with Crippen LogP contribution in [0.2, 0.25) is 0 Å². The Bertz CT molecular complexity index is 735. The molecular weight excluding hydrogens is 328 g/mol. The molecule has 132 valence electrons. The first-order valence-corrected chi connectivity index (χ1v) is 10.3. The van der Waals surface area contributed by atoms with E-state index in [0.29, 0.717) is 24.0 Å². The van der Waals surface area contributed by atoms with Gasteiger partial charge < -0.3 is 10.2 Å². The highest BCUT2D eigenvalue weighted by molar-refractivity contribution is 7.91. The molecule has 0 bridgehead atoms. The molecule has 2 unspecified atom stereocenters. The normalized spacial score (nSPS) is 26.3. The number of carbonyl (C=O) groups excluding carboxylic acids is 1. The van der Waals surface area contributed by atoms with Crippen molar-refractivity contribution >= 4 is 21.7 Å².